The molecule has 0 unspecified atom stereocenters. The number of nitrogens with one attached hydrogen (secondary N) is 1. The van der Waals surface area contributed by atoms with Crippen molar-refractivity contribution in [3.8, 4) is 11.3 Å². The molecule has 4 aromatic rings. The number of hydrogen-bond donors (Lipinski definition) is 2. The van der Waals surface area contributed by atoms with Gasteiger partial charge in [0.2, 0.25) is 0 Å². The van der Waals surface area contributed by atoms with Gasteiger partial charge in [0.15, 0.2) is 0 Å². The number of pyridine rings is 2. The monoisotopic (exact) mass is 416 g/mol. The molecule has 0 aliphatic heterocycles. The van der Waals surface area contributed by atoms with Crippen LogP contribution in [0.3, 0.4) is 0 Å². The first kappa shape index (κ1) is 19.4. The van der Waals surface area contributed by atoms with Crippen LogP contribution in [-0.4, -0.2) is 47.5 Å². The summed E-state index contributed by atoms with van der Waals surface area (Å²) >= 11 is 0. The van der Waals surface area contributed by atoms with Gasteiger partial charge in [-0.25, -0.2) is 4.98 Å². The maximum absolute atomic E-state index is 12.8. The van der Waals surface area contributed by atoms with Gasteiger partial charge in [0.1, 0.15) is 11.3 Å². The van der Waals surface area contributed by atoms with Crippen LogP contribution in [0, 0.1) is 0 Å². The van der Waals surface area contributed by atoms with E-state index in [2.05, 4.69) is 26.4 Å². The van der Waals surface area contributed by atoms with Crippen LogP contribution >= 0.6 is 0 Å². The van der Waals surface area contributed by atoms with E-state index in [0.717, 1.165) is 46.3 Å². The number of nitrogens with zero attached hydrogens (tertiary/aromatic N) is 5. The van der Waals surface area contributed by atoms with Gasteiger partial charge in [-0.05, 0) is 48.6 Å². The number of aliphatic hydroxyl groups is 1. The molecule has 2 atom stereocenters. The van der Waals surface area contributed by atoms with Crippen LogP contribution in [0.5, 0.6) is 0 Å². The zero-order valence-corrected chi connectivity index (χ0v) is 17.5. The fourth-order valence-corrected chi connectivity index (χ4v) is 3.93. The minimum Gasteiger partial charge on any atom is -0.391 e. The summed E-state index contributed by atoms with van der Waals surface area (Å²) in [5.41, 5.74) is 5.03. The third-order valence-corrected chi connectivity index (χ3v) is 5.93. The van der Waals surface area contributed by atoms with Crippen LogP contribution < -0.4 is 5.32 Å². The van der Waals surface area contributed by atoms with Gasteiger partial charge in [-0.15, -0.1) is 0 Å². The Labute approximate surface area is 179 Å². The van der Waals surface area contributed by atoms with Gasteiger partial charge in [-0.2, -0.15) is 5.10 Å². The van der Waals surface area contributed by atoms with Crippen molar-refractivity contribution in [2.75, 3.05) is 0 Å². The lowest BCUT2D eigenvalue weighted by Gasteiger charge is -2.32. The molecular formula is C23H24N6O2. The predicted octanol–water partition coefficient (Wildman–Crippen LogP) is 2.21. The Morgan fingerprint density at radius 2 is 2.10 bits per heavy atom. The van der Waals surface area contributed by atoms with E-state index < -0.39 is 6.10 Å². The van der Waals surface area contributed by atoms with Crippen LogP contribution in [0.4, 0.5) is 0 Å². The number of aryl methyl sites for hydroxylation is 2. The topological polar surface area (TPSA) is 97.9 Å². The molecule has 1 amide bonds. The van der Waals surface area contributed by atoms with Gasteiger partial charge in [0.05, 0.1) is 24.0 Å². The molecule has 31 heavy (non-hydrogen) atoms. The van der Waals surface area contributed by atoms with E-state index in [4.69, 9.17) is 0 Å². The summed E-state index contributed by atoms with van der Waals surface area (Å²) in [7, 11) is 3.80. The molecule has 0 aromatic carbocycles. The summed E-state index contributed by atoms with van der Waals surface area (Å²) in [5, 5.41) is 17.9. The summed E-state index contributed by atoms with van der Waals surface area (Å²) in [6.07, 6.45) is 9.22. The number of hydrogen-bond acceptors (Lipinski definition) is 5. The average Bonchev–Trinajstić information content (AvgIpc) is 3.37. The van der Waals surface area contributed by atoms with E-state index in [1.165, 1.54) is 0 Å². The third kappa shape index (κ3) is 3.70. The Balaban J connectivity index is 1.44. The van der Waals surface area contributed by atoms with Crippen molar-refractivity contribution < 1.29 is 9.90 Å². The Bertz CT molecular complexity index is 1260. The molecule has 0 spiro atoms. The molecule has 1 aliphatic rings. The van der Waals surface area contributed by atoms with E-state index in [9.17, 15) is 9.90 Å². The maximum Gasteiger partial charge on any atom is 0.270 e. The van der Waals surface area contributed by atoms with Gasteiger partial charge in [-0.1, -0.05) is 6.07 Å². The zero-order chi connectivity index (χ0) is 21.5. The van der Waals surface area contributed by atoms with Crippen molar-refractivity contribution in [3.05, 3.63) is 65.9 Å². The van der Waals surface area contributed by atoms with Crippen molar-refractivity contribution in [1.29, 1.82) is 0 Å². The Morgan fingerprint density at radius 1 is 1.23 bits per heavy atom. The number of carbonyl (C=O) groups excluding carboxylic acids is 1. The Kier molecular flexibility index (Phi) is 4.78. The lowest BCUT2D eigenvalue weighted by atomic mass is 9.89. The summed E-state index contributed by atoms with van der Waals surface area (Å²) in [6, 6.07) is 7.71. The molecule has 1 aliphatic carbocycles. The minimum absolute atomic E-state index is 0.189. The molecule has 5 rings (SSSR count). The van der Waals surface area contributed by atoms with Crippen molar-refractivity contribution >= 4 is 16.9 Å². The van der Waals surface area contributed by atoms with Crippen molar-refractivity contribution in [2.24, 2.45) is 14.1 Å². The average molecular weight is 416 g/mol. The second-order valence-electron chi connectivity index (χ2n) is 8.19. The van der Waals surface area contributed by atoms with Gasteiger partial charge in [-0.3, -0.25) is 14.5 Å². The number of carbonyl (C=O) groups is 1. The second-order valence-corrected chi connectivity index (χ2v) is 8.19. The highest BCUT2D eigenvalue weighted by Gasteiger charge is 2.30. The number of fused-ring (bicyclic) bond motifs is 1. The fourth-order valence-electron chi connectivity index (χ4n) is 3.93. The van der Waals surface area contributed by atoms with E-state index in [1.54, 1.807) is 10.9 Å². The van der Waals surface area contributed by atoms with Crippen LogP contribution in [0.2, 0.25) is 0 Å². The first-order valence-corrected chi connectivity index (χ1v) is 10.4. The predicted molar refractivity (Wildman–Crippen MR) is 116 cm³/mol. The van der Waals surface area contributed by atoms with Gasteiger partial charge in [0.25, 0.3) is 5.91 Å². The molecule has 4 heterocycles. The molecule has 0 saturated heterocycles. The van der Waals surface area contributed by atoms with Crippen molar-refractivity contribution in [2.45, 2.75) is 31.4 Å². The number of rotatable bonds is 5. The second kappa shape index (κ2) is 7.63. The number of aliphatic hydroxyl groups excluding tert-OH is 1. The zero-order valence-electron chi connectivity index (χ0n) is 17.5. The molecule has 158 valence electrons. The lowest BCUT2D eigenvalue weighted by molar-refractivity contribution is 0.0445. The largest absolute Gasteiger partial charge is 0.391 e. The number of amides is 1. The van der Waals surface area contributed by atoms with E-state index in [1.807, 2.05) is 55.5 Å². The summed E-state index contributed by atoms with van der Waals surface area (Å²) in [4.78, 5) is 21.9. The summed E-state index contributed by atoms with van der Waals surface area (Å²) in [6.45, 7) is 0. The first-order chi connectivity index (χ1) is 15.0. The lowest BCUT2D eigenvalue weighted by Crippen LogP contribution is -2.50. The van der Waals surface area contributed by atoms with Crippen LogP contribution in [0.15, 0.2) is 49.1 Å². The van der Waals surface area contributed by atoms with Crippen LogP contribution in [0.1, 0.15) is 34.5 Å². The molecule has 4 aromatic heterocycles. The minimum atomic E-state index is -0.466. The summed E-state index contributed by atoms with van der Waals surface area (Å²) < 4.78 is 3.67. The Hall–Kier alpha value is -3.52. The van der Waals surface area contributed by atoms with Gasteiger partial charge < -0.3 is 15.0 Å². The number of aromatic nitrogens is 5. The molecule has 8 nitrogen and oxygen atoms in total. The van der Waals surface area contributed by atoms with Crippen molar-refractivity contribution in [1.82, 2.24) is 29.6 Å². The highest BCUT2D eigenvalue weighted by molar-refractivity contribution is 5.96. The SMILES string of the molecule is Cn1cc(-c2ccc(Cc3cc(C(=O)N[C@H]4CC[C@@H]4O)nc4c3ccn4C)cn2)cn1. The third-order valence-electron chi connectivity index (χ3n) is 5.93. The molecule has 0 radical (unpaired) electrons. The molecule has 1 saturated carbocycles. The Morgan fingerprint density at radius 3 is 2.74 bits per heavy atom. The van der Waals surface area contributed by atoms with Gasteiger partial charge in [0, 0.05) is 43.6 Å². The van der Waals surface area contributed by atoms with Crippen LogP contribution in [0.25, 0.3) is 22.3 Å². The molecular weight excluding hydrogens is 392 g/mol. The first-order valence-electron chi connectivity index (χ1n) is 10.4. The standard InChI is InChI=1S/C23H24N6O2/c1-28-8-7-17-15(9-14-3-4-18(24-11-14)16-12-25-29(2)13-16)10-20(26-22(17)28)23(31)27-19-5-6-21(19)30/h3-4,7-8,10-13,19,21,30H,5-6,9H2,1-2H3,(H,27,31)/t19-,21-/m0/s1. The van der Waals surface area contributed by atoms with E-state index in [0.29, 0.717) is 12.1 Å². The molecule has 0 bridgehead atoms. The molecule has 2 N–H and O–H groups in total. The highest BCUT2D eigenvalue weighted by atomic mass is 16.3. The normalized spacial score (nSPS) is 18.2. The van der Waals surface area contributed by atoms with E-state index >= 15 is 0 Å². The summed E-state index contributed by atoms with van der Waals surface area (Å²) in [5.74, 6) is -0.252. The molecule has 1 fully saturated rings. The fraction of sp³-hybridized carbons (Fsp3) is 0.304. The van der Waals surface area contributed by atoms with Gasteiger partial charge >= 0.3 is 0 Å². The quantitative estimate of drug-likeness (QED) is 0.520. The molecule has 8 heteroatoms. The smallest absolute Gasteiger partial charge is 0.270 e. The maximum atomic E-state index is 12.8. The highest BCUT2D eigenvalue weighted by Crippen LogP contribution is 2.24. The van der Waals surface area contributed by atoms with Crippen molar-refractivity contribution in [3.63, 3.8) is 0 Å². The van der Waals surface area contributed by atoms with E-state index in [-0.39, 0.29) is 11.9 Å². The van der Waals surface area contributed by atoms with Crippen LogP contribution in [-0.2, 0) is 20.5 Å².